The zero-order valence-corrected chi connectivity index (χ0v) is 14.0. The first kappa shape index (κ1) is 16.1. The van der Waals surface area contributed by atoms with Gasteiger partial charge >= 0.3 is 5.97 Å². The Morgan fingerprint density at radius 2 is 2.29 bits per heavy atom. The van der Waals surface area contributed by atoms with E-state index in [-0.39, 0.29) is 16.1 Å². The van der Waals surface area contributed by atoms with Crippen LogP contribution in [0, 0.1) is 0 Å². The minimum atomic E-state index is -3.89. The molecule has 2 aromatic heterocycles. The average molecular weight is 395 g/mol. The lowest BCUT2D eigenvalue weighted by Crippen LogP contribution is -2.23. The number of hydrogen-bond donors (Lipinski definition) is 2. The number of hydrogen-bond acceptors (Lipinski definition) is 6. The Morgan fingerprint density at radius 1 is 1.57 bits per heavy atom. The van der Waals surface area contributed by atoms with E-state index >= 15 is 0 Å². The van der Waals surface area contributed by atoms with Gasteiger partial charge in [-0.1, -0.05) is 6.92 Å². The number of rotatable bonds is 6. The molecule has 0 saturated heterocycles. The molecule has 10 heteroatoms. The second kappa shape index (κ2) is 6.26. The van der Waals surface area contributed by atoms with Crippen LogP contribution in [0.2, 0.25) is 0 Å². The fraction of sp³-hybridized carbons (Fsp3) is 0.273. The molecule has 0 bridgehead atoms. The van der Waals surface area contributed by atoms with E-state index in [1.807, 2.05) is 6.92 Å². The molecule has 0 amide bonds. The number of carbonyl (C=O) groups is 1. The van der Waals surface area contributed by atoms with E-state index in [0.29, 0.717) is 5.01 Å². The number of aromatic nitrogens is 1. The summed E-state index contributed by atoms with van der Waals surface area (Å²) in [5, 5.41) is 9.42. The fourth-order valence-electron chi connectivity index (χ4n) is 1.47. The van der Waals surface area contributed by atoms with Crippen molar-refractivity contribution in [3.63, 3.8) is 0 Å². The number of furan rings is 1. The van der Waals surface area contributed by atoms with Gasteiger partial charge in [-0.3, -0.25) is 0 Å². The van der Waals surface area contributed by atoms with Crippen LogP contribution in [0.5, 0.6) is 0 Å². The quantitative estimate of drug-likeness (QED) is 0.777. The Bertz CT molecular complexity index is 765. The van der Waals surface area contributed by atoms with E-state index in [1.165, 1.54) is 11.3 Å². The number of sulfonamides is 1. The summed E-state index contributed by atoms with van der Waals surface area (Å²) in [5.41, 5.74) is 0. The topological polar surface area (TPSA) is 110 Å². The first-order valence-electron chi connectivity index (χ1n) is 5.79. The van der Waals surface area contributed by atoms with Gasteiger partial charge in [0.2, 0.25) is 15.8 Å². The van der Waals surface area contributed by atoms with E-state index < -0.39 is 21.8 Å². The standard InChI is InChI=1S/C11H11BrN2O5S2/c1-2-6-4-13-9(20-6)5-14-21(17,18)8-3-7(11(15)16)19-10(8)12/h3-4,14H,2,5H2,1H3,(H,15,16). The monoisotopic (exact) mass is 394 g/mol. The summed E-state index contributed by atoms with van der Waals surface area (Å²) in [4.78, 5) is 15.7. The molecular weight excluding hydrogens is 384 g/mol. The summed E-state index contributed by atoms with van der Waals surface area (Å²) >= 11 is 4.32. The third-order valence-corrected chi connectivity index (χ3v) is 5.92. The summed E-state index contributed by atoms with van der Waals surface area (Å²) < 4.78 is 31.3. The normalized spacial score (nSPS) is 11.7. The average Bonchev–Trinajstić information content (AvgIpc) is 3.03. The number of halogens is 1. The summed E-state index contributed by atoms with van der Waals surface area (Å²) in [7, 11) is -3.89. The Morgan fingerprint density at radius 3 is 2.81 bits per heavy atom. The van der Waals surface area contributed by atoms with Gasteiger partial charge in [-0.15, -0.1) is 11.3 Å². The molecule has 7 nitrogen and oxygen atoms in total. The molecule has 2 rings (SSSR count). The van der Waals surface area contributed by atoms with Crippen molar-refractivity contribution in [3.8, 4) is 0 Å². The van der Waals surface area contributed by atoms with Crippen LogP contribution in [0.4, 0.5) is 0 Å². The lowest BCUT2D eigenvalue weighted by Gasteiger charge is -2.02. The van der Waals surface area contributed by atoms with Crippen molar-refractivity contribution >= 4 is 43.3 Å². The minimum Gasteiger partial charge on any atom is -0.475 e. The van der Waals surface area contributed by atoms with Crippen LogP contribution in [0.3, 0.4) is 0 Å². The molecule has 2 N–H and O–H groups in total. The lowest BCUT2D eigenvalue weighted by molar-refractivity contribution is 0.0661. The van der Waals surface area contributed by atoms with Crippen molar-refractivity contribution in [1.29, 1.82) is 0 Å². The minimum absolute atomic E-state index is 0.0347. The van der Waals surface area contributed by atoms with Gasteiger partial charge in [0, 0.05) is 17.1 Å². The molecule has 114 valence electrons. The van der Waals surface area contributed by atoms with Gasteiger partial charge in [0.15, 0.2) is 4.67 Å². The zero-order chi connectivity index (χ0) is 15.6. The van der Waals surface area contributed by atoms with Crippen LogP contribution in [0.15, 0.2) is 26.2 Å². The molecule has 0 saturated carbocycles. The predicted octanol–water partition coefficient (Wildman–Crippen LogP) is 2.24. The number of thiazole rings is 1. The number of aromatic carboxylic acids is 1. The maximum Gasteiger partial charge on any atom is 0.371 e. The SMILES string of the molecule is CCc1cnc(CNS(=O)(=O)c2cc(C(=O)O)oc2Br)s1. The molecule has 0 unspecified atom stereocenters. The van der Waals surface area contributed by atoms with Gasteiger partial charge in [-0.25, -0.2) is 22.9 Å². The molecule has 2 aromatic rings. The van der Waals surface area contributed by atoms with Crippen LogP contribution in [0.25, 0.3) is 0 Å². The molecule has 0 radical (unpaired) electrons. The first-order chi connectivity index (χ1) is 9.83. The van der Waals surface area contributed by atoms with Gasteiger partial charge in [0.1, 0.15) is 9.90 Å². The first-order valence-corrected chi connectivity index (χ1v) is 8.88. The summed E-state index contributed by atoms with van der Waals surface area (Å²) in [5.74, 6) is -1.80. The number of nitrogens with zero attached hydrogens (tertiary/aromatic N) is 1. The van der Waals surface area contributed by atoms with E-state index in [4.69, 9.17) is 9.52 Å². The van der Waals surface area contributed by atoms with Crippen molar-refractivity contribution < 1.29 is 22.7 Å². The maximum absolute atomic E-state index is 12.1. The van der Waals surface area contributed by atoms with Gasteiger partial charge in [-0.2, -0.15) is 0 Å². The number of carboxylic acids is 1. The molecule has 0 aliphatic heterocycles. The highest BCUT2D eigenvalue weighted by Gasteiger charge is 2.24. The van der Waals surface area contributed by atoms with Gasteiger partial charge in [-0.05, 0) is 22.4 Å². The van der Waals surface area contributed by atoms with Gasteiger partial charge in [0.05, 0.1) is 6.54 Å². The summed E-state index contributed by atoms with van der Waals surface area (Å²) in [6, 6.07) is 0.952. The molecule has 0 atom stereocenters. The van der Waals surface area contributed by atoms with E-state index in [1.54, 1.807) is 6.20 Å². The molecule has 0 aliphatic rings. The third kappa shape index (κ3) is 3.70. The highest BCUT2D eigenvalue weighted by molar-refractivity contribution is 9.10. The Balaban J connectivity index is 2.16. The predicted molar refractivity (Wildman–Crippen MR) is 78.9 cm³/mol. The van der Waals surface area contributed by atoms with Crippen molar-refractivity contribution in [3.05, 3.63) is 32.6 Å². The van der Waals surface area contributed by atoms with Crippen LogP contribution in [-0.2, 0) is 23.0 Å². The molecule has 0 aromatic carbocycles. The Kier molecular flexibility index (Phi) is 4.81. The van der Waals surface area contributed by atoms with Crippen molar-refractivity contribution in [1.82, 2.24) is 9.71 Å². The molecule has 0 aliphatic carbocycles. The lowest BCUT2D eigenvalue weighted by atomic mass is 10.4. The van der Waals surface area contributed by atoms with E-state index in [0.717, 1.165) is 17.4 Å². The fourth-order valence-corrected chi connectivity index (χ4v) is 4.29. The largest absolute Gasteiger partial charge is 0.475 e. The third-order valence-electron chi connectivity index (χ3n) is 2.52. The van der Waals surface area contributed by atoms with Crippen molar-refractivity contribution in [2.75, 3.05) is 0 Å². The highest BCUT2D eigenvalue weighted by Crippen LogP contribution is 2.26. The Hall–Kier alpha value is -1.23. The summed E-state index contributed by atoms with van der Waals surface area (Å²) in [6.45, 7) is 2.02. The van der Waals surface area contributed by atoms with Crippen LogP contribution >= 0.6 is 27.3 Å². The van der Waals surface area contributed by atoms with Crippen LogP contribution in [0.1, 0.15) is 27.4 Å². The van der Waals surface area contributed by atoms with Crippen molar-refractivity contribution in [2.24, 2.45) is 0 Å². The number of carboxylic acid groups (broad SMARTS) is 1. The zero-order valence-electron chi connectivity index (χ0n) is 10.8. The number of aryl methyl sites for hydroxylation is 1. The van der Waals surface area contributed by atoms with Gasteiger partial charge in [0.25, 0.3) is 0 Å². The van der Waals surface area contributed by atoms with Crippen LogP contribution < -0.4 is 4.72 Å². The van der Waals surface area contributed by atoms with E-state index in [9.17, 15) is 13.2 Å². The molecule has 0 spiro atoms. The summed E-state index contributed by atoms with van der Waals surface area (Å²) in [6.07, 6.45) is 2.53. The van der Waals surface area contributed by atoms with Gasteiger partial charge < -0.3 is 9.52 Å². The molecular formula is C11H11BrN2O5S2. The van der Waals surface area contributed by atoms with Crippen molar-refractivity contribution in [2.45, 2.75) is 24.8 Å². The highest BCUT2D eigenvalue weighted by atomic mass is 79.9. The molecule has 0 fully saturated rings. The Labute approximate surface area is 133 Å². The number of nitrogens with one attached hydrogen (secondary N) is 1. The van der Waals surface area contributed by atoms with Crippen LogP contribution in [-0.4, -0.2) is 24.5 Å². The molecule has 2 heterocycles. The smallest absolute Gasteiger partial charge is 0.371 e. The molecule has 21 heavy (non-hydrogen) atoms. The second-order valence-corrected chi connectivity index (χ2v) is 7.61. The maximum atomic E-state index is 12.1. The van der Waals surface area contributed by atoms with E-state index in [2.05, 4.69) is 25.6 Å². The second-order valence-electron chi connectivity index (χ2n) is 3.95.